The number of rotatable bonds is 12. The Balaban J connectivity index is 0.00000400. The Kier molecular flexibility index (Phi) is 11.3. The average Bonchev–Trinajstić information content (AvgIpc) is 3.53. The van der Waals surface area contributed by atoms with Crippen molar-refractivity contribution >= 4 is 11.9 Å². The van der Waals surface area contributed by atoms with Crippen LogP contribution >= 0.6 is 0 Å². The molecule has 3 atom stereocenters. The Hall–Kier alpha value is -2.26. The van der Waals surface area contributed by atoms with E-state index in [9.17, 15) is 14.7 Å². The molecule has 200 valence electrons. The first-order chi connectivity index (χ1) is 18.0. The molecule has 0 aliphatic carbocycles. The molecule has 2 aromatic carbocycles. The summed E-state index contributed by atoms with van der Waals surface area (Å²) in [6.45, 7) is 6.36. The molecule has 2 aliphatic heterocycles. The van der Waals surface area contributed by atoms with Crippen molar-refractivity contribution in [3.05, 3.63) is 53.6 Å². The predicted octanol–water partition coefficient (Wildman–Crippen LogP) is 0.363. The van der Waals surface area contributed by atoms with E-state index in [1.54, 1.807) is 7.11 Å². The summed E-state index contributed by atoms with van der Waals surface area (Å²) in [5.74, 6) is -0.382. The summed E-state index contributed by atoms with van der Waals surface area (Å²) in [6.07, 6.45) is 3.90. The van der Waals surface area contributed by atoms with Gasteiger partial charge in [-0.25, -0.2) is 0 Å². The number of carboxylic acids is 1. The fourth-order valence-electron chi connectivity index (χ4n) is 5.39. The minimum absolute atomic E-state index is 0. The van der Waals surface area contributed by atoms with E-state index in [4.69, 9.17) is 14.2 Å². The van der Waals surface area contributed by atoms with E-state index in [1.807, 2.05) is 52.3 Å². The van der Waals surface area contributed by atoms with Gasteiger partial charge in [0.05, 0.1) is 13.7 Å². The van der Waals surface area contributed by atoms with Crippen LogP contribution in [0.15, 0.2) is 42.5 Å². The normalized spacial score (nSPS) is 20.1. The maximum atomic E-state index is 13.5. The zero-order chi connectivity index (χ0) is 26.4. The van der Waals surface area contributed by atoms with Crippen LogP contribution in [0.25, 0.3) is 0 Å². The van der Waals surface area contributed by atoms with Crippen LogP contribution in [-0.2, 0) is 9.59 Å². The molecule has 2 aromatic rings. The van der Waals surface area contributed by atoms with Crippen LogP contribution in [0, 0.1) is 5.92 Å². The van der Waals surface area contributed by atoms with E-state index in [2.05, 4.69) is 13.8 Å². The Morgan fingerprint density at radius 1 is 1.00 bits per heavy atom. The van der Waals surface area contributed by atoms with Crippen molar-refractivity contribution in [1.82, 2.24) is 9.80 Å². The Morgan fingerprint density at radius 2 is 1.63 bits per heavy atom. The third kappa shape index (κ3) is 6.84. The summed E-state index contributed by atoms with van der Waals surface area (Å²) >= 11 is 0. The van der Waals surface area contributed by atoms with Crippen molar-refractivity contribution in [2.45, 2.75) is 51.5 Å². The third-order valence-electron chi connectivity index (χ3n) is 7.41. The molecule has 0 N–H and O–H groups in total. The largest absolute Gasteiger partial charge is 1.00 e. The smallest absolute Gasteiger partial charge is 0.550 e. The first-order valence-corrected chi connectivity index (χ1v) is 13.2. The van der Waals surface area contributed by atoms with E-state index in [0.717, 1.165) is 36.8 Å². The van der Waals surface area contributed by atoms with Crippen LogP contribution in [0.3, 0.4) is 0 Å². The Labute approximate surface area is 247 Å². The first-order valence-electron chi connectivity index (χ1n) is 13.2. The monoisotopic (exact) mass is 532 g/mol. The summed E-state index contributed by atoms with van der Waals surface area (Å²) in [5, 5.41) is 12.7. The number of fused-ring (bicyclic) bond motifs is 1. The van der Waals surface area contributed by atoms with Gasteiger partial charge in [0.15, 0.2) is 11.5 Å². The van der Waals surface area contributed by atoms with Gasteiger partial charge in [-0.15, -0.1) is 0 Å². The molecule has 1 amide bonds. The SMILES string of the molecule is CCCCN(CCCC)C(=O)CN1C[C@H](c2ccc3c(c2)OCO3)[C@@H](C(=O)[O-])[C@@H]1c1ccc(OC)cc1.[Na+]. The molecule has 0 unspecified atom stereocenters. The second-order valence-corrected chi connectivity index (χ2v) is 9.80. The van der Waals surface area contributed by atoms with Gasteiger partial charge in [0, 0.05) is 43.5 Å². The van der Waals surface area contributed by atoms with Crippen LogP contribution in [0.2, 0.25) is 0 Å². The molecule has 2 aliphatic rings. The fraction of sp³-hybridized carbons (Fsp3) is 0.517. The second-order valence-electron chi connectivity index (χ2n) is 9.80. The van der Waals surface area contributed by atoms with Gasteiger partial charge in [-0.2, -0.15) is 0 Å². The van der Waals surface area contributed by atoms with E-state index in [1.165, 1.54) is 0 Å². The fourth-order valence-corrected chi connectivity index (χ4v) is 5.39. The molecule has 0 spiro atoms. The van der Waals surface area contributed by atoms with Crippen LogP contribution in [0.5, 0.6) is 17.2 Å². The van der Waals surface area contributed by atoms with Gasteiger partial charge in [0.1, 0.15) is 5.75 Å². The molecule has 2 heterocycles. The van der Waals surface area contributed by atoms with Gasteiger partial charge in [0.25, 0.3) is 0 Å². The number of ether oxygens (including phenoxy) is 3. The number of likely N-dealkylation sites (tertiary alicyclic amines) is 1. The van der Waals surface area contributed by atoms with Crippen molar-refractivity contribution in [1.29, 1.82) is 0 Å². The number of unbranched alkanes of at least 4 members (excludes halogenated alkanes) is 2. The van der Waals surface area contributed by atoms with Crippen molar-refractivity contribution < 1.29 is 58.5 Å². The molecule has 4 rings (SSSR count). The number of nitrogens with zero attached hydrogens (tertiary/aromatic N) is 2. The summed E-state index contributed by atoms with van der Waals surface area (Å²) in [6, 6.07) is 12.4. The van der Waals surface area contributed by atoms with E-state index >= 15 is 0 Å². The van der Waals surface area contributed by atoms with Gasteiger partial charge in [-0.1, -0.05) is 44.9 Å². The van der Waals surface area contributed by atoms with Gasteiger partial charge in [0.2, 0.25) is 12.7 Å². The molecule has 1 fully saturated rings. The molecule has 1 saturated heterocycles. The Bertz CT molecular complexity index is 1070. The van der Waals surface area contributed by atoms with E-state index in [0.29, 0.717) is 36.9 Å². The van der Waals surface area contributed by atoms with Crippen LogP contribution in [-0.4, -0.2) is 61.8 Å². The number of carbonyl (C=O) groups is 2. The number of carboxylic acid groups (broad SMARTS) is 1. The number of carbonyl (C=O) groups excluding carboxylic acids is 2. The van der Waals surface area contributed by atoms with Gasteiger partial charge < -0.3 is 29.0 Å². The number of benzene rings is 2. The number of aliphatic carboxylic acids is 1. The number of methoxy groups -OCH3 is 1. The number of hydrogen-bond donors (Lipinski definition) is 0. The molecule has 0 saturated carbocycles. The summed E-state index contributed by atoms with van der Waals surface area (Å²) in [4.78, 5) is 30.1. The van der Waals surface area contributed by atoms with Crippen molar-refractivity contribution in [2.75, 3.05) is 40.1 Å². The molecular weight excluding hydrogens is 495 g/mol. The zero-order valence-corrected chi connectivity index (χ0v) is 25.0. The molecule has 0 aromatic heterocycles. The molecule has 0 bridgehead atoms. The topological polar surface area (TPSA) is 91.4 Å². The maximum Gasteiger partial charge on any atom is 1.00 e. The van der Waals surface area contributed by atoms with Gasteiger partial charge >= 0.3 is 29.6 Å². The second kappa shape index (κ2) is 14.2. The first kappa shape index (κ1) is 30.3. The van der Waals surface area contributed by atoms with Crippen LogP contribution in [0.1, 0.15) is 62.6 Å². The number of amides is 1. The summed E-state index contributed by atoms with van der Waals surface area (Å²) < 4.78 is 16.3. The van der Waals surface area contributed by atoms with Crippen molar-refractivity contribution in [3.63, 3.8) is 0 Å². The molecule has 0 radical (unpaired) electrons. The van der Waals surface area contributed by atoms with E-state index in [-0.39, 0.29) is 54.7 Å². The molecule has 8 nitrogen and oxygen atoms in total. The zero-order valence-electron chi connectivity index (χ0n) is 23.0. The maximum absolute atomic E-state index is 13.5. The Morgan fingerprint density at radius 3 is 2.24 bits per heavy atom. The van der Waals surface area contributed by atoms with Crippen LogP contribution < -0.4 is 48.9 Å². The molecule has 38 heavy (non-hydrogen) atoms. The minimum Gasteiger partial charge on any atom is -0.550 e. The third-order valence-corrected chi connectivity index (χ3v) is 7.41. The van der Waals surface area contributed by atoms with Crippen molar-refractivity contribution in [2.24, 2.45) is 5.92 Å². The van der Waals surface area contributed by atoms with Gasteiger partial charge in [-0.05, 0) is 48.2 Å². The number of hydrogen-bond acceptors (Lipinski definition) is 7. The molecular formula is C29H37N2NaO6. The van der Waals surface area contributed by atoms with Crippen molar-refractivity contribution in [3.8, 4) is 17.2 Å². The quantitative estimate of drug-likeness (QED) is 0.365. The molecule has 9 heteroatoms. The predicted molar refractivity (Wildman–Crippen MR) is 138 cm³/mol. The summed E-state index contributed by atoms with van der Waals surface area (Å²) in [7, 11) is 1.59. The standard InChI is InChI=1S/C29H38N2O6.Na/c1-4-6-14-30(15-7-5-2)26(32)18-31-17-23(21-10-13-24-25(16-21)37-19-36-24)27(29(33)34)28(31)20-8-11-22(35-3)12-9-20;/h8-13,16,23,27-28H,4-7,14-15,17-19H2,1-3H3,(H,33,34);/q;+1/p-1/t23-,27-,28+;/m1./s1. The van der Waals surface area contributed by atoms with Crippen LogP contribution in [0.4, 0.5) is 0 Å². The average molecular weight is 533 g/mol. The minimum atomic E-state index is -1.13. The van der Waals surface area contributed by atoms with E-state index < -0.39 is 17.9 Å². The summed E-state index contributed by atoms with van der Waals surface area (Å²) in [5.41, 5.74) is 1.65. The van der Waals surface area contributed by atoms with Gasteiger partial charge in [-0.3, -0.25) is 9.69 Å².